The summed E-state index contributed by atoms with van der Waals surface area (Å²) in [7, 11) is 3.09. The lowest BCUT2D eigenvalue weighted by Gasteiger charge is -2.07. The third-order valence-electron chi connectivity index (χ3n) is 7.73. The molecule has 0 atom stereocenters. The van der Waals surface area contributed by atoms with Crippen LogP contribution in [0.2, 0.25) is 0 Å². The summed E-state index contributed by atoms with van der Waals surface area (Å²) in [5.41, 5.74) is 1.15. The summed E-state index contributed by atoms with van der Waals surface area (Å²) in [6.45, 7) is 0.461. The van der Waals surface area contributed by atoms with Gasteiger partial charge < -0.3 is 13.6 Å². The second-order valence-electron chi connectivity index (χ2n) is 11.0. The first kappa shape index (κ1) is 31.5. The van der Waals surface area contributed by atoms with Crippen LogP contribution in [0.3, 0.4) is 0 Å². The van der Waals surface area contributed by atoms with Crippen LogP contribution in [0.15, 0.2) is 137 Å². The highest BCUT2D eigenvalue weighted by atomic mass is 16.5. The van der Waals surface area contributed by atoms with Crippen molar-refractivity contribution < 1.29 is 18.4 Å². The van der Waals surface area contributed by atoms with E-state index in [4.69, 9.17) is 13.6 Å². The average molecular weight is 647 g/mol. The van der Waals surface area contributed by atoms with Crippen molar-refractivity contribution in [3.8, 4) is 0 Å². The van der Waals surface area contributed by atoms with Crippen LogP contribution in [-0.4, -0.2) is 24.2 Å². The van der Waals surface area contributed by atoms with E-state index < -0.39 is 17.2 Å². The summed E-state index contributed by atoms with van der Waals surface area (Å²) in [6.07, 6.45) is 1.42. The van der Waals surface area contributed by atoms with Gasteiger partial charge in [0.1, 0.15) is 17.4 Å². The number of hydrogen-bond acceptors (Lipinski definition) is 8. The summed E-state index contributed by atoms with van der Waals surface area (Å²) < 4.78 is 20.8. The van der Waals surface area contributed by atoms with Gasteiger partial charge in [0.2, 0.25) is 17.2 Å². The first-order valence-electron chi connectivity index (χ1n) is 14.9. The molecule has 0 unspecified atom stereocenters. The molecule has 7 aromatic rings. The maximum atomic E-state index is 12.9. The van der Waals surface area contributed by atoms with Crippen LogP contribution in [0.5, 0.6) is 0 Å². The minimum absolute atomic E-state index is 0.0379. The largest absolute Gasteiger partial charge is 0.455 e. The number of aromatic nitrogens is 4. The maximum absolute atomic E-state index is 12.9. The Balaban J connectivity index is 0.000000182. The third kappa shape index (κ3) is 6.31. The van der Waals surface area contributed by atoms with Gasteiger partial charge in [-0.2, -0.15) is 0 Å². The van der Waals surface area contributed by atoms with Crippen LogP contribution in [0.1, 0.15) is 27.2 Å². The lowest BCUT2D eigenvalue weighted by atomic mass is 10.2. The fraction of sp³-hybridized carbons (Fsp3) is 0.139. The van der Waals surface area contributed by atoms with Crippen LogP contribution in [0.25, 0.3) is 22.2 Å². The zero-order chi connectivity index (χ0) is 33.8. The summed E-state index contributed by atoms with van der Waals surface area (Å²) >= 11 is 0. The van der Waals surface area contributed by atoms with Crippen molar-refractivity contribution in [3.63, 3.8) is 0 Å². The first-order valence-corrected chi connectivity index (χ1v) is 14.9. The van der Waals surface area contributed by atoms with Crippen molar-refractivity contribution in [2.75, 3.05) is 0 Å². The number of fused-ring (bicyclic) bond motifs is 2. The van der Waals surface area contributed by atoms with E-state index >= 15 is 0 Å². The van der Waals surface area contributed by atoms with Crippen molar-refractivity contribution in [1.82, 2.24) is 18.3 Å². The van der Waals surface area contributed by atoms with E-state index in [-0.39, 0.29) is 47.8 Å². The topological polar surface area (TPSA) is 141 Å². The number of benzene rings is 3. The molecule has 12 nitrogen and oxygen atoms in total. The Morgan fingerprint density at radius 3 is 1.65 bits per heavy atom. The minimum atomic E-state index is -0.702. The molecule has 0 N–H and O–H groups in total. The van der Waals surface area contributed by atoms with Crippen molar-refractivity contribution in [2.45, 2.75) is 19.7 Å². The number of ether oxygens (including phenoxy) is 1. The number of carbonyl (C=O) groups excluding carboxylic acids is 1. The molecular formula is C36H30N4O8. The Bertz CT molecular complexity index is 2470. The standard InChI is InChI=1S/C22H18N2O5.C14H12N2O3/c1-23-20-17(19(25)24(22(23)27)13-15-8-4-2-5-9-15)12-18(29-20)21(26)28-14-16-10-6-3-7-11-16;1-15-13-11(7-8-19-13)12(17)16(14(15)18)9-10-5-3-2-4-6-10/h2-12H,13-14H2,1H3;2-8H,9H2,1H3. The number of nitrogens with zero attached hydrogens (tertiary/aromatic N) is 4. The molecule has 0 radical (unpaired) electrons. The van der Waals surface area contributed by atoms with Crippen LogP contribution in [0.4, 0.5) is 0 Å². The highest BCUT2D eigenvalue weighted by molar-refractivity contribution is 5.91. The number of carbonyl (C=O) groups is 1. The molecule has 4 heterocycles. The van der Waals surface area contributed by atoms with Crippen molar-refractivity contribution in [3.05, 3.63) is 174 Å². The predicted octanol–water partition coefficient (Wildman–Crippen LogP) is 4.04. The second kappa shape index (κ2) is 13.5. The van der Waals surface area contributed by atoms with Crippen LogP contribution < -0.4 is 22.5 Å². The van der Waals surface area contributed by atoms with Gasteiger partial charge in [0.05, 0.1) is 19.4 Å². The Labute approximate surface area is 271 Å². The first-order chi connectivity index (χ1) is 23.2. The van der Waals surface area contributed by atoms with E-state index in [0.717, 1.165) is 21.3 Å². The number of esters is 1. The molecule has 0 aliphatic carbocycles. The van der Waals surface area contributed by atoms with Gasteiger partial charge in [-0.05, 0) is 22.8 Å². The van der Waals surface area contributed by atoms with Gasteiger partial charge in [-0.15, -0.1) is 0 Å². The Hall–Kier alpha value is -6.43. The van der Waals surface area contributed by atoms with Crippen LogP contribution in [0, 0.1) is 0 Å². The normalized spacial score (nSPS) is 11.0. The van der Waals surface area contributed by atoms with Gasteiger partial charge in [0.25, 0.3) is 11.1 Å². The lowest BCUT2D eigenvalue weighted by molar-refractivity contribution is 0.0438. The average Bonchev–Trinajstić information content (AvgIpc) is 3.80. The quantitative estimate of drug-likeness (QED) is 0.237. The fourth-order valence-electron chi connectivity index (χ4n) is 5.21. The summed E-state index contributed by atoms with van der Waals surface area (Å²) in [5, 5.41) is 0.563. The molecule has 48 heavy (non-hydrogen) atoms. The second-order valence-corrected chi connectivity index (χ2v) is 11.0. The van der Waals surface area contributed by atoms with Crippen molar-refractivity contribution in [2.24, 2.45) is 14.1 Å². The third-order valence-corrected chi connectivity index (χ3v) is 7.73. The Kier molecular flexibility index (Phi) is 8.88. The molecule has 0 saturated carbocycles. The predicted molar refractivity (Wildman–Crippen MR) is 178 cm³/mol. The van der Waals surface area contributed by atoms with E-state index in [2.05, 4.69) is 0 Å². The van der Waals surface area contributed by atoms with Crippen LogP contribution >= 0.6 is 0 Å². The van der Waals surface area contributed by atoms with Crippen molar-refractivity contribution in [1.29, 1.82) is 0 Å². The maximum Gasteiger partial charge on any atom is 0.374 e. The van der Waals surface area contributed by atoms with Crippen molar-refractivity contribution >= 4 is 28.2 Å². The molecule has 0 amide bonds. The molecule has 0 aliphatic rings. The molecular weight excluding hydrogens is 616 g/mol. The molecule has 4 aromatic heterocycles. The zero-order valence-electron chi connectivity index (χ0n) is 26.1. The van der Waals surface area contributed by atoms with Gasteiger partial charge >= 0.3 is 17.3 Å². The zero-order valence-corrected chi connectivity index (χ0v) is 26.1. The number of furan rings is 2. The molecule has 0 fully saturated rings. The number of rotatable bonds is 7. The van der Waals surface area contributed by atoms with E-state index in [1.165, 1.54) is 33.1 Å². The summed E-state index contributed by atoms with van der Waals surface area (Å²) in [4.78, 5) is 62.3. The monoisotopic (exact) mass is 646 g/mol. The molecule has 0 spiro atoms. The highest BCUT2D eigenvalue weighted by Crippen LogP contribution is 2.16. The molecule has 12 heteroatoms. The molecule has 3 aromatic carbocycles. The SMILES string of the molecule is Cn1c(=O)n(Cc2ccccc2)c(=O)c2cc(C(=O)OCc3ccccc3)oc21.Cn1c(=O)n(Cc2ccccc2)c(=O)c2ccoc21. The molecule has 7 rings (SSSR count). The fourth-order valence-corrected chi connectivity index (χ4v) is 5.21. The number of hydrogen-bond donors (Lipinski definition) is 0. The molecule has 242 valence electrons. The van der Waals surface area contributed by atoms with E-state index in [1.54, 1.807) is 13.1 Å². The van der Waals surface area contributed by atoms with E-state index in [9.17, 15) is 24.0 Å². The van der Waals surface area contributed by atoms with E-state index in [1.807, 2.05) is 91.0 Å². The van der Waals surface area contributed by atoms with Gasteiger partial charge in [0.15, 0.2) is 0 Å². The smallest absolute Gasteiger partial charge is 0.374 e. The molecule has 0 bridgehead atoms. The lowest BCUT2D eigenvalue weighted by Crippen LogP contribution is -2.38. The summed E-state index contributed by atoms with van der Waals surface area (Å²) in [6, 6.07) is 30.7. The Morgan fingerprint density at radius 2 is 1.10 bits per heavy atom. The summed E-state index contributed by atoms with van der Waals surface area (Å²) in [5.74, 6) is -0.827. The van der Waals surface area contributed by atoms with Crippen LogP contribution in [-0.2, 0) is 38.5 Å². The van der Waals surface area contributed by atoms with Gasteiger partial charge in [-0.1, -0.05) is 91.0 Å². The molecule has 0 aliphatic heterocycles. The van der Waals surface area contributed by atoms with E-state index in [0.29, 0.717) is 11.1 Å². The van der Waals surface area contributed by atoms with Gasteiger partial charge in [-0.25, -0.2) is 14.4 Å². The Morgan fingerprint density at radius 1 is 0.625 bits per heavy atom. The minimum Gasteiger partial charge on any atom is -0.455 e. The molecule has 0 saturated heterocycles. The highest BCUT2D eigenvalue weighted by Gasteiger charge is 2.21. The van der Waals surface area contributed by atoms with Gasteiger partial charge in [-0.3, -0.25) is 27.9 Å². The van der Waals surface area contributed by atoms with Gasteiger partial charge in [0, 0.05) is 20.2 Å². The number of aryl methyl sites for hydroxylation is 2.